The van der Waals surface area contributed by atoms with E-state index in [1.165, 1.54) is 18.9 Å². The normalized spacial score (nSPS) is 11.6. The molecule has 146 valence electrons. The van der Waals surface area contributed by atoms with Crippen LogP contribution in [-0.4, -0.2) is 31.7 Å². The van der Waals surface area contributed by atoms with Gasteiger partial charge in [0, 0.05) is 5.56 Å². The molecule has 0 atom stereocenters. The molecule has 0 amide bonds. The van der Waals surface area contributed by atoms with Gasteiger partial charge < -0.3 is 19.4 Å². The van der Waals surface area contributed by atoms with Gasteiger partial charge in [0.2, 0.25) is 0 Å². The number of ether oxygens (including phenoxy) is 3. The van der Waals surface area contributed by atoms with Crippen LogP contribution in [0.4, 0.5) is 0 Å². The highest BCUT2D eigenvalue weighted by atomic mass is 35.5. The Balaban J connectivity index is 2.06. The van der Waals surface area contributed by atoms with Crippen LogP contribution in [0.15, 0.2) is 35.5 Å². The fourth-order valence-electron chi connectivity index (χ4n) is 2.67. The minimum atomic E-state index is -0.0151. The minimum absolute atomic E-state index is 0.0151. The van der Waals surface area contributed by atoms with Crippen molar-refractivity contribution in [2.24, 2.45) is 5.16 Å². The van der Waals surface area contributed by atoms with Gasteiger partial charge in [0.1, 0.15) is 19.0 Å². The van der Waals surface area contributed by atoms with Crippen LogP contribution in [0.3, 0.4) is 0 Å². The number of halogens is 1. The molecular weight excluding hydrogens is 366 g/mol. The maximum atomic E-state index is 8.66. The molecule has 0 saturated heterocycles. The standard InChI is InChI=1S/C21H26ClNO4/c1-14-6-7-18(16(10-14)21(2,3)4)26-8-9-27-20-17(22)11-15(13-23-24)12-19(20)25-5/h6-7,10-13,24H,8-9H2,1-5H3. The van der Waals surface area contributed by atoms with Gasteiger partial charge in [-0.1, -0.05) is 55.2 Å². The Labute approximate surface area is 165 Å². The van der Waals surface area contributed by atoms with E-state index < -0.39 is 0 Å². The lowest BCUT2D eigenvalue weighted by molar-refractivity contribution is 0.209. The summed E-state index contributed by atoms with van der Waals surface area (Å²) in [4.78, 5) is 0. The van der Waals surface area contributed by atoms with E-state index in [1.54, 1.807) is 12.1 Å². The highest BCUT2D eigenvalue weighted by Crippen LogP contribution is 2.36. The number of rotatable bonds is 7. The van der Waals surface area contributed by atoms with Crippen molar-refractivity contribution in [2.75, 3.05) is 20.3 Å². The van der Waals surface area contributed by atoms with Crippen LogP contribution in [-0.2, 0) is 5.41 Å². The molecule has 0 aromatic heterocycles. The zero-order valence-electron chi connectivity index (χ0n) is 16.4. The zero-order chi connectivity index (χ0) is 20.0. The van der Waals surface area contributed by atoms with Crippen molar-refractivity contribution in [3.63, 3.8) is 0 Å². The quantitative estimate of drug-likeness (QED) is 0.304. The lowest BCUT2D eigenvalue weighted by Crippen LogP contribution is -2.16. The Hall–Kier alpha value is -2.40. The first kappa shape index (κ1) is 20.9. The van der Waals surface area contributed by atoms with Crippen LogP contribution in [0.2, 0.25) is 5.02 Å². The largest absolute Gasteiger partial charge is 0.493 e. The van der Waals surface area contributed by atoms with Crippen LogP contribution >= 0.6 is 11.6 Å². The second kappa shape index (κ2) is 9.00. The van der Waals surface area contributed by atoms with Crippen molar-refractivity contribution in [3.8, 4) is 17.2 Å². The van der Waals surface area contributed by atoms with Crippen molar-refractivity contribution in [2.45, 2.75) is 33.1 Å². The van der Waals surface area contributed by atoms with Gasteiger partial charge in [0.25, 0.3) is 0 Å². The van der Waals surface area contributed by atoms with Gasteiger partial charge in [-0.15, -0.1) is 0 Å². The van der Waals surface area contributed by atoms with Crippen LogP contribution < -0.4 is 14.2 Å². The third-order valence-corrected chi connectivity index (χ3v) is 4.27. The summed E-state index contributed by atoms with van der Waals surface area (Å²) in [6.45, 7) is 9.22. The molecule has 2 aromatic rings. The predicted octanol–water partition coefficient (Wildman–Crippen LogP) is 5.22. The highest BCUT2D eigenvalue weighted by molar-refractivity contribution is 6.32. The van der Waals surface area contributed by atoms with Crippen LogP contribution in [0.25, 0.3) is 0 Å². The third-order valence-electron chi connectivity index (χ3n) is 3.99. The monoisotopic (exact) mass is 391 g/mol. The third kappa shape index (κ3) is 5.54. The fraction of sp³-hybridized carbons (Fsp3) is 0.381. The first-order chi connectivity index (χ1) is 12.8. The Morgan fingerprint density at radius 1 is 1.07 bits per heavy atom. The molecule has 5 nitrogen and oxygen atoms in total. The van der Waals surface area contributed by atoms with Gasteiger partial charge in [-0.3, -0.25) is 0 Å². The molecule has 0 heterocycles. The van der Waals surface area contributed by atoms with Gasteiger partial charge in [0.15, 0.2) is 11.5 Å². The lowest BCUT2D eigenvalue weighted by atomic mass is 9.85. The van der Waals surface area contributed by atoms with E-state index in [9.17, 15) is 0 Å². The van der Waals surface area contributed by atoms with Crippen LogP contribution in [0, 0.1) is 6.92 Å². The molecule has 0 aliphatic rings. The average Bonchev–Trinajstić information content (AvgIpc) is 2.60. The predicted molar refractivity (Wildman–Crippen MR) is 108 cm³/mol. The average molecular weight is 392 g/mol. The Morgan fingerprint density at radius 3 is 2.41 bits per heavy atom. The molecule has 2 aromatic carbocycles. The van der Waals surface area contributed by atoms with Gasteiger partial charge >= 0.3 is 0 Å². The molecular formula is C21H26ClNO4. The van der Waals surface area contributed by atoms with Crippen molar-refractivity contribution < 1.29 is 19.4 Å². The molecule has 0 saturated carbocycles. The van der Waals surface area contributed by atoms with E-state index in [1.807, 2.05) is 12.1 Å². The molecule has 0 radical (unpaired) electrons. The molecule has 0 bridgehead atoms. The number of hydrogen-bond acceptors (Lipinski definition) is 5. The molecule has 0 aliphatic carbocycles. The highest BCUT2D eigenvalue weighted by Gasteiger charge is 2.19. The number of benzene rings is 2. The summed E-state index contributed by atoms with van der Waals surface area (Å²) in [6, 6.07) is 9.49. The lowest BCUT2D eigenvalue weighted by Gasteiger charge is -2.23. The van der Waals surface area contributed by atoms with Crippen molar-refractivity contribution in [1.29, 1.82) is 0 Å². The molecule has 0 unspecified atom stereocenters. The molecule has 6 heteroatoms. The van der Waals surface area contributed by atoms with Crippen molar-refractivity contribution >= 4 is 17.8 Å². The number of methoxy groups -OCH3 is 1. The van der Waals surface area contributed by atoms with Gasteiger partial charge in [0.05, 0.1) is 18.3 Å². The molecule has 1 N–H and O–H groups in total. The number of hydrogen-bond donors (Lipinski definition) is 1. The maximum absolute atomic E-state index is 8.66. The molecule has 2 rings (SSSR count). The molecule has 0 fully saturated rings. The van der Waals surface area contributed by atoms with E-state index in [0.717, 1.165) is 11.3 Å². The van der Waals surface area contributed by atoms with E-state index in [0.29, 0.717) is 35.3 Å². The first-order valence-corrected chi connectivity index (χ1v) is 9.05. The SMILES string of the molecule is COc1cc(C=NO)cc(Cl)c1OCCOc1ccc(C)cc1C(C)(C)C. The summed E-state index contributed by atoms with van der Waals surface area (Å²) in [5.74, 6) is 1.74. The summed E-state index contributed by atoms with van der Waals surface area (Å²) >= 11 is 6.26. The summed E-state index contributed by atoms with van der Waals surface area (Å²) in [6.07, 6.45) is 1.27. The summed E-state index contributed by atoms with van der Waals surface area (Å²) < 4.78 is 17.0. The second-order valence-corrected chi connectivity index (χ2v) is 7.63. The van der Waals surface area contributed by atoms with E-state index >= 15 is 0 Å². The van der Waals surface area contributed by atoms with Gasteiger partial charge in [-0.05, 0) is 36.1 Å². The van der Waals surface area contributed by atoms with E-state index in [4.69, 9.17) is 31.0 Å². The Kier molecular flexibility index (Phi) is 6.97. The maximum Gasteiger partial charge on any atom is 0.179 e. The van der Waals surface area contributed by atoms with E-state index in [-0.39, 0.29) is 5.41 Å². The first-order valence-electron chi connectivity index (χ1n) is 8.68. The number of nitrogens with zero attached hydrogens (tertiary/aromatic N) is 1. The smallest absolute Gasteiger partial charge is 0.179 e. The topological polar surface area (TPSA) is 60.3 Å². The van der Waals surface area contributed by atoms with E-state index in [2.05, 4.69) is 38.9 Å². The van der Waals surface area contributed by atoms with Gasteiger partial charge in [-0.25, -0.2) is 0 Å². The number of oxime groups is 1. The number of aryl methyl sites for hydroxylation is 1. The van der Waals surface area contributed by atoms with Crippen LogP contribution in [0.1, 0.15) is 37.5 Å². The molecule has 27 heavy (non-hydrogen) atoms. The fourth-order valence-corrected chi connectivity index (χ4v) is 2.95. The van der Waals surface area contributed by atoms with Crippen molar-refractivity contribution in [1.82, 2.24) is 0 Å². The summed E-state index contributed by atoms with van der Waals surface area (Å²) in [5.41, 5.74) is 2.95. The van der Waals surface area contributed by atoms with Gasteiger partial charge in [-0.2, -0.15) is 0 Å². The zero-order valence-corrected chi connectivity index (χ0v) is 17.1. The molecule has 0 aliphatic heterocycles. The Bertz CT molecular complexity index is 813. The summed E-state index contributed by atoms with van der Waals surface area (Å²) in [7, 11) is 1.52. The van der Waals surface area contributed by atoms with Crippen molar-refractivity contribution in [3.05, 3.63) is 52.0 Å². The second-order valence-electron chi connectivity index (χ2n) is 7.23. The van der Waals surface area contributed by atoms with Crippen LogP contribution in [0.5, 0.6) is 17.2 Å². The summed E-state index contributed by atoms with van der Waals surface area (Å²) in [5, 5.41) is 12.0. The Morgan fingerprint density at radius 2 is 1.78 bits per heavy atom. The molecule has 0 spiro atoms. The minimum Gasteiger partial charge on any atom is -0.493 e.